The fourth-order valence-electron chi connectivity index (χ4n) is 0.848. The number of hydrogen-bond acceptors (Lipinski definition) is 2. The third-order valence-electron chi connectivity index (χ3n) is 1.97. The lowest BCUT2D eigenvalue weighted by molar-refractivity contribution is -0.280. The number of halogens is 5. The van der Waals surface area contributed by atoms with Crippen molar-refractivity contribution in [3.63, 3.8) is 0 Å². The van der Waals surface area contributed by atoms with Gasteiger partial charge in [0.15, 0.2) is 0 Å². The van der Waals surface area contributed by atoms with Gasteiger partial charge in [-0.3, -0.25) is 0 Å². The number of hydrogen-bond donors (Lipinski definition) is 1. The van der Waals surface area contributed by atoms with Crippen LogP contribution in [-0.2, 0) is 0 Å². The predicted molar refractivity (Wildman–Crippen MR) is 51.2 cm³/mol. The average molecular weight is 251 g/mol. The van der Waals surface area contributed by atoms with Crippen molar-refractivity contribution in [3.8, 4) is 0 Å². The maximum Gasteiger partial charge on any atom is 0.454 e. The summed E-state index contributed by atoms with van der Waals surface area (Å²) in [5.41, 5.74) is 4.96. The van der Waals surface area contributed by atoms with Gasteiger partial charge in [-0.05, 0) is 6.42 Å². The zero-order valence-corrected chi connectivity index (χ0v) is 9.26. The quantitative estimate of drug-likeness (QED) is 0.760. The Balaban J connectivity index is 4.66. The molecule has 2 atom stereocenters. The van der Waals surface area contributed by atoms with Gasteiger partial charge in [0, 0.05) is 11.8 Å². The van der Waals surface area contributed by atoms with Crippen LogP contribution in [0.3, 0.4) is 0 Å². The number of nitrogens with two attached hydrogens (primary N) is 1. The topological polar surface area (TPSA) is 26.0 Å². The fraction of sp³-hybridized carbons (Fsp3) is 1.00. The Hall–Kier alpha value is -0.0400. The van der Waals surface area contributed by atoms with Crippen LogP contribution >= 0.6 is 11.8 Å². The molecule has 1 nitrogen and oxygen atoms in total. The van der Waals surface area contributed by atoms with Crippen molar-refractivity contribution < 1.29 is 22.0 Å². The Morgan fingerprint density at radius 1 is 1.20 bits per heavy atom. The van der Waals surface area contributed by atoms with E-state index in [1.54, 1.807) is 13.8 Å². The Morgan fingerprint density at radius 3 is 1.93 bits per heavy atom. The first-order valence-corrected chi connectivity index (χ1v) is 5.41. The third kappa shape index (κ3) is 3.79. The molecule has 0 fully saturated rings. The zero-order chi connectivity index (χ0) is 12.3. The van der Waals surface area contributed by atoms with E-state index in [9.17, 15) is 22.0 Å². The molecule has 0 bridgehead atoms. The van der Waals surface area contributed by atoms with Crippen molar-refractivity contribution >= 4 is 11.8 Å². The van der Waals surface area contributed by atoms with Crippen LogP contribution in [0, 0.1) is 0 Å². The second-order valence-electron chi connectivity index (χ2n) is 3.20. The molecule has 0 aliphatic heterocycles. The van der Waals surface area contributed by atoms with Crippen LogP contribution in [0.4, 0.5) is 22.0 Å². The molecule has 7 heteroatoms. The summed E-state index contributed by atoms with van der Waals surface area (Å²) in [6.07, 6.45) is -5.01. The molecule has 0 rings (SSSR count). The Labute approximate surface area is 89.6 Å². The summed E-state index contributed by atoms with van der Waals surface area (Å²) in [5.74, 6) is -4.73. The van der Waals surface area contributed by atoms with Crippen LogP contribution in [0.25, 0.3) is 0 Å². The van der Waals surface area contributed by atoms with E-state index in [0.717, 1.165) is 0 Å². The van der Waals surface area contributed by atoms with Crippen LogP contribution in [-0.4, -0.2) is 29.1 Å². The molecule has 0 saturated heterocycles. The highest BCUT2D eigenvalue weighted by Gasteiger charge is 2.62. The van der Waals surface area contributed by atoms with Crippen LogP contribution in [0.1, 0.15) is 20.3 Å². The molecule has 0 amide bonds. The summed E-state index contributed by atoms with van der Waals surface area (Å²) in [5, 5.41) is -2.18. The Morgan fingerprint density at radius 2 is 1.67 bits per heavy atom. The second kappa shape index (κ2) is 5.34. The first-order chi connectivity index (χ1) is 6.66. The van der Waals surface area contributed by atoms with Gasteiger partial charge in [0.1, 0.15) is 0 Å². The smallest absolute Gasteiger partial charge is 0.329 e. The van der Waals surface area contributed by atoms with E-state index < -0.39 is 23.9 Å². The maximum atomic E-state index is 12.9. The molecule has 0 aliphatic carbocycles. The van der Waals surface area contributed by atoms with Crippen LogP contribution in [0.5, 0.6) is 0 Å². The minimum absolute atomic E-state index is 0.272. The lowest BCUT2D eigenvalue weighted by atomic mass is 10.2. The van der Waals surface area contributed by atoms with Gasteiger partial charge in [0.25, 0.3) is 0 Å². The fourth-order valence-corrected chi connectivity index (χ4v) is 2.02. The van der Waals surface area contributed by atoms with Crippen molar-refractivity contribution in [2.75, 3.05) is 6.54 Å². The van der Waals surface area contributed by atoms with Crippen molar-refractivity contribution in [2.45, 2.75) is 42.9 Å². The standard InChI is InChI=1S/C8H14F5NS/c1-3-5(2)15-6(4-14)7(9,10)8(11,12)13/h5-6H,3-4,14H2,1-2H3. The second-order valence-corrected chi connectivity index (χ2v) is 4.85. The molecule has 0 aromatic heterocycles. The van der Waals surface area contributed by atoms with E-state index in [2.05, 4.69) is 0 Å². The summed E-state index contributed by atoms with van der Waals surface area (Å²) in [7, 11) is 0. The molecule has 0 aliphatic rings. The van der Waals surface area contributed by atoms with Gasteiger partial charge in [-0.2, -0.15) is 22.0 Å². The largest absolute Gasteiger partial charge is 0.454 e. The lowest BCUT2D eigenvalue weighted by Gasteiger charge is -2.28. The number of thioether (sulfide) groups is 1. The van der Waals surface area contributed by atoms with Gasteiger partial charge >= 0.3 is 12.1 Å². The molecule has 0 heterocycles. The van der Waals surface area contributed by atoms with Crippen LogP contribution in [0.15, 0.2) is 0 Å². The van der Waals surface area contributed by atoms with Crippen LogP contribution < -0.4 is 5.73 Å². The minimum Gasteiger partial charge on any atom is -0.329 e. The number of alkyl halides is 5. The maximum absolute atomic E-state index is 12.9. The zero-order valence-electron chi connectivity index (χ0n) is 8.44. The molecule has 0 saturated carbocycles. The van der Waals surface area contributed by atoms with E-state index in [1.165, 1.54) is 0 Å². The molecular formula is C8H14F5NS. The van der Waals surface area contributed by atoms with Crippen molar-refractivity contribution in [2.24, 2.45) is 5.73 Å². The van der Waals surface area contributed by atoms with Gasteiger partial charge in [-0.25, -0.2) is 0 Å². The van der Waals surface area contributed by atoms with Gasteiger partial charge in [-0.1, -0.05) is 13.8 Å². The van der Waals surface area contributed by atoms with Crippen molar-refractivity contribution in [1.82, 2.24) is 0 Å². The van der Waals surface area contributed by atoms with Crippen LogP contribution in [0.2, 0.25) is 0 Å². The summed E-state index contributed by atoms with van der Waals surface area (Å²) in [4.78, 5) is 0. The molecular weight excluding hydrogens is 237 g/mol. The van der Waals surface area contributed by atoms with Gasteiger partial charge in [0.2, 0.25) is 0 Å². The monoisotopic (exact) mass is 251 g/mol. The van der Waals surface area contributed by atoms with Gasteiger partial charge < -0.3 is 5.73 Å². The first-order valence-electron chi connectivity index (χ1n) is 4.46. The molecule has 15 heavy (non-hydrogen) atoms. The Bertz CT molecular complexity index is 194. The molecule has 2 N–H and O–H groups in total. The molecule has 0 aromatic carbocycles. The van der Waals surface area contributed by atoms with E-state index in [-0.39, 0.29) is 5.25 Å². The lowest BCUT2D eigenvalue weighted by Crippen LogP contribution is -2.49. The van der Waals surface area contributed by atoms with E-state index in [1.807, 2.05) is 0 Å². The highest BCUT2D eigenvalue weighted by atomic mass is 32.2. The Kier molecular flexibility index (Phi) is 5.32. The third-order valence-corrected chi connectivity index (χ3v) is 3.58. The summed E-state index contributed by atoms with van der Waals surface area (Å²) in [6.45, 7) is 2.62. The molecule has 2 unspecified atom stereocenters. The highest BCUT2D eigenvalue weighted by molar-refractivity contribution is 8.00. The SMILES string of the molecule is CCC(C)SC(CN)C(F)(F)C(F)(F)F. The van der Waals surface area contributed by atoms with Crippen molar-refractivity contribution in [3.05, 3.63) is 0 Å². The molecule has 0 radical (unpaired) electrons. The van der Waals surface area contributed by atoms with Gasteiger partial charge in [0.05, 0.1) is 5.25 Å². The summed E-state index contributed by atoms with van der Waals surface area (Å²) >= 11 is 0.583. The molecule has 92 valence electrons. The normalized spacial score (nSPS) is 17.6. The van der Waals surface area contributed by atoms with E-state index >= 15 is 0 Å². The highest BCUT2D eigenvalue weighted by Crippen LogP contribution is 2.43. The first kappa shape index (κ1) is 15.0. The average Bonchev–Trinajstić information content (AvgIpc) is 2.11. The predicted octanol–water partition coefficient (Wildman–Crippen LogP) is 3.04. The summed E-state index contributed by atoms with van der Waals surface area (Å²) in [6, 6.07) is 0. The van der Waals surface area contributed by atoms with Crippen molar-refractivity contribution in [1.29, 1.82) is 0 Å². The molecule has 0 aromatic rings. The van der Waals surface area contributed by atoms with Gasteiger partial charge in [-0.15, -0.1) is 11.8 Å². The number of rotatable bonds is 5. The summed E-state index contributed by atoms with van der Waals surface area (Å²) < 4.78 is 61.8. The van der Waals surface area contributed by atoms with E-state index in [4.69, 9.17) is 5.73 Å². The van der Waals surface area contributed by atoms with E-state index in [0.29, 0.717) is 18.2 Å². The molecule has 0 spiro atoms. The minimum atomic E-state index is -5.53.